The van der Waals surface area contributed by atoms with Crippen molar-refractivity contribution in [3.63, 3.8) is 0 Å². The molecule has 0 unspecified atom stereocenters. The molecule has 18 heavy (non-hydrogen) atoms. The van der Waals surface area contributed by atoms with Crippen molar-refractivity contribution in [1.82, 2.24) is 9.80 Å². The van der Waals surface area contributed by atoms with Crippen LogP contribution in [0.4, 0.5) is 0 Å². The van der Waals surface area contributed by atoms with Crippen LogP contribution in [0.2, 0.25) is 0 Å². The van der Waals surface area contributed by atoms with Crippen LogP contribution in [0.5, 0.6) is 0 Å². The summed E-state index contributed by atoms with van der Waals surface area (Å²) in [4.78, 5) is 5.22. The van der Waals surface area contributed by atoms with Crippen molar-refractivity contribution in [2.45, 2.75) is 51.5 Å². The first-order valence-electron chi connectivity index (χ1n) is 7.87. The molecule has 2 atom stereocenters. The van der Waals surface area contributed by atoms with E-state index >= 15 is 0 Å². The van der Waals surface area contributed by atoms with E-state index in [1.807, 2.05) is 0 Å². The molecule has 2 saturated heterocycles. The zero-order valence-electron chi connectivity index (χ0n) is 12.0. The molecule has 0 bridgehead atoms. The van der Waals surface area contributed by atoms with E-state index in [1.54, 1.807) is 0 Å². The predicted molar refractivity (Wildman–Crippen MR) is 75.8 cm³/mol. The molecule has 0 spiro atoms. The first-order valence-corrected chi connectivity index (χ1v) is 7.87. The Morgan fingerprint density at radius 1 is 1.06 bits per heavy atom. The Balaban J connectivity index is 1.64. The number of likely N-dealkylation sites (tertiary alicyclic amines) is 2. The maximum Gasteiger partial charge on any atom is 0.0471 e. The third-order valence-corrected chi connectivity index (χ3v) is 4.74. The van der Waals surface area contributed by atoms with E-state index < -0.39 is 0 Å². The Morgan fingerprint density at radius 2 is 1.83 bits per heavy atom. The summed E-state index contributed by atoms with van der Waals surface area (Å²) in [5.41, 5.74) is 0. The summed E-state index contributed by atoms with van der Waals surface area (Å²) >= 11 is 0. The van der Waals surface area contributed by atoms with E-state index in [2.05, 4.69) is 16.7 Å². The molecule has 3 nitrogen and oxygen atoms in total. The van der Waals surface area contributed by atoms with Gasteiger partial charge in [0.1, 0.15) is 0 Å². The molecule has 2 heterocycles. The third kappa shape index (κ3) is 4.22. The van der Waals surface area contributed by atoms with Crippen LogP contribution in [-0.4, -0.2) is 60.3 Å². The predicted octanol–water partition coefficient (Wildman–Crippen LogP) is 1.96. The van der Waals surface area contributed by atoms with Gasteiger partial charge in [0.05, 0.1) is 0 Å². The van der Waals surface area contributed by atoms with E-state index in [1.165, 1.54) is 64.7 Å². The Morgan fingerprint density at radius 3 is 2.56 bits per heavy atom. The standard InChI is InChI=1S/C15H30N2O/c1-14-6-7-15(13-18)12-17(14)11-5-10-16-8-3-2-4-9-16/h14-15,18H,2-13H2,1H3/t14-,15+/m0/s1. The summed E-state index contributed by atoms with van der Waals surface area (Å²) in [5, 5.41) is 9.29. The topological polar surface area (TPSA) is 26.7 Å². The van der Waals surface area contributed by atoms with Crippen molar-refractivity contribution in [3.05, 3.63) is 0 Å². The Kier molecular flexibility index (Phi) is 5.93. The van der Waals surface area contributed by atoms with Gasteiger partial charge in [-0.25, -0.2) is 0 Å². The molecule has 0 aromatic carbocycles. The summed E-state index contributed by atoms with van der Waals surface area (Å²) in [6.45, 7) is 8.94. The van der Waals surface area contributed by atoms with Crippen LogP contribution in [0, 0.1) is 5.92 Å². The van der Waals surface area contributed by atoms with Crippen molar-refractivity contribution in [2.24, 2.45) is 5.92 Å². The Labute approximate surface area is 112 Å². The molecule has 2 rings (SSSR count). The molecule has 0 aromatic heterocycles. The summed E-state index contributed by atoms with van der Waals surface area (Å²) in [7, 11) is 0. The molecule has 0 aliphatic carbocycles. The van der Waals surface area contributed by atoms with Crippen molar-refractivity contribution >= 4 is 0 Å². The highest BCUT2D eigenvalue weighted by molar-refractivity contribution is 4.79. The van der Waals surface area contributed by atoms with Crippen molar-refractivity contribution < 1.29 is 5.11 Å². The highest BCUT2D eigenvalue weighted by Crippen LogP contribution is 2.21. The molecule has 2 aliphatic heterocycles. The van der Waals surface area contributed by atoms with Crippen LogP contribution in [0.15, 0.2) is 0 Å². The van der Waals surface area contributed by atoms with Gasteiger partial charge in [0.2, 0.25) is 0 Å². The molecule has 0 saturated carbocycles. The number of rotatable bonds is 5. The lowest BCUT2D eigenvalue weighted by Crippen LogP contribution is -2.44. The molecule has 106 valence electrons. The lowest BCUT2D eigenvalue weighted by Gasteiger charge is -2.38. The molecular weight excluding hydrogens is 224 g/mol. The summed E-state index contributed by atoms with van der Waals surface area (Å²) in [5.74, 6) is 0.524. The molecular formula is C15H30N2O. The van der Waals surface area contributed by atoms with E-state index in [4.69, 9.17) is 0 Å². The minimum atomic E-state index is 0.370. The van der Waals surface area contributed by atoms with E-state index in [-0.39, 0.29) is 0 Å². The average molecular weight is 254 g/mol. The van der Waals surface area contributed by atoms with Crippen LogP contribution >= 0.6 is 0 Å². The molecule has 3 heteroatoms. The van der Waals surface area contributed by atoms with Gasteiger partial charge in [0, 0.05) is 19.2 Å². The fraction of sp³-hybridized carbons (Fsp3) is 1.00. The summed E-state index contributed by atoms with van der Waals surface area (Å²) < 4.78 is 0. The van der Waals surface area contributed by atoms with Gasteiger partial charge in [0.25, 0.3) is 0 Å². The van der Waals surface area contributed by atoms with Gasteiger partial charge in [-0.2, -0.15) is 0 Å². The average Bonchev–Trinajstić information content (AvgIpc) is 2.42. The largest absolute Gasteiger partial charge is 0.396 e. The molecule has 2 aliphatic rings. The van der Waals surface area contributed by atoms with Crippen molar-refractivity contribution in [1.29, 1.82) is 0 Å². The first kappa shape index (κ1) is 14.3. The minimum Gasteiger partial charge on any atom is -0.396 e. The Bertz CT molecular complexity index is 229. The molecule has 0 radical (unpaired) electrons. The van der Waals surface area contributed by atoms with Crippen LogP contribution in [0.3, 0.4) is 0 Å². The van der Waals surface area contributed by atoms with E-state index in [9.17, 15) is 5.11 Å². The SMILES string of the molecule is C[C@H]1CC[C@@H](CO)CN1CCCN1CCCCC1. The highest BCUT2D eigenvalue weighted by atomic mass is 16.3. The zero-order valence-corrected chi connectivity index (χ0v) is 12.0. The fourth-order valence-electron chi connectivity index (χ4n) is 3.40. The zero-order chi connectivity index (χ0) is 12.8. The first-order chi connectivity index (χ1) is 8.79. The molecule has 0 amide bonds. The number of aliphatic hydroxyl groups is 1. The summed E-state index contributed by atoms with van der Waals surface area (Å²) in [6, 6.07) is 0.717. The second kappa shape index (κ2) is 7.46. The van der Waals surface area contributed by atoms with E-state index in [0.29, 0.717) is 18.6 Å². The van der Waals surface area contributed by atoms with Crippen LogP contribution in [-0.2, 0) is 0 Å². The van der Waals surface area contributed by atoms with Crippen LogP contribution in [0.1, 0.15) is 45.4 Å². The second-order valence-corrected chi connectivity index (χ2v) is 6.23. The van der Waals surface area contributed by atoms with Gasteiger partial charge in [-0.05, 0) is 71.1 Å². The second-order valence-electron chi connectivity index (χ2n) is 6.23. The molecule has 1 N–H and O–H groups in total. The quantitative estimate of drug-likeness (QED) is 0.812. The van der Waals surface area contributed by atoms with Crippen LogP contribution in [0.25, 0.3) is 0 Å². The number of aliphatic hydroxyl groups excluding tert-OH is 1. The van der Waals surface area contributed by atoms with Gasteiger partial charge in [-0.3, -0.25) is 0 Å². The maximum atomic E-state index is 9.29. The highest BCUT2D eigenvalue weighted by Gasteiger charge is 2.24. The minimum absolute atomic E-state index is 0.370. The lowest BCUT2D eigenvalue weighted by molar-refractivity contribution is 0.0781. The number of piperidine rings is 2. The number of nitrogens with zero attached hydrogens (tertiary/aromatic N) is 2. The maximum absolute atomic E-state index is 9.29. The monoisotopic (exact) mass is 254 g/mol. The summed E-state index contributed by atoms with van der Waals surface area (Å²) in [6.07, 6.45) is 7.98. The number of hydrogen-bond acceptors (Lipinski definition) is 3. The van der Waals surface area contributed by atoms with E-state index in [0.717, 1.165) is 6.54 Å². The van der Waals surface area contributed by atoms with Gasteiger partial charge in [0.15, 0.2) is 0 Å². The number of hydrogen-bond donors (Lipinski definition) is 1. The lowest BCUT2D eigenvalue weighted by atomic mass is 9.94. The van der Waals surface area contributed by atoms with Gasteiger partial charge >= 0.3 is 0 Å². The van der Waals surface area contributed by atoms with Gasteiger partial charge < -0.3 is 14.9 Å². The van der Waals surface area contributed by atoms with Crippen LogP contribution < -0.4 is 0 Å². The smallest absolute Gasteiger partial charge is 0.0471 e. The Hall–Kier alpha value is -0.120. The normalized spacial score (nSPS) is 31.7. The van der Waals surface area contributed by atoms with Gasteiger partial charge in [-0.15, -0.1) is 0 Å². The fourth-order valence-corrected chi connectivity index (χ4v) is 3.40. The third-order valence-electron chi connectivity index (χ3n) is 4.74. The molecule has 0 aromatic rings. The van der Waals surface area contributed by atoms with Crippen molar-refractivity contribution in [3.8, 4) is 0 Å². The molecule has 2 fully saturated rings. The van der Waals surface area contributed by atoms with Gasteiger partial charge in [-0.1, -0.05) is 6.42 Å². The van der Waals surface area contributed by atoms with Crippen molar-refractivity contribution in [2.75, 3.05) is 39.3 Å².